The average molecular weight is 482 g/mol. The number of benzene rings is 2. The van der Waals surface area contributed by atoms with Crippen LogP contribution in [0.15, 0.2) is 59.5 Å². The van der Waals surface area contributed by atoms with Gasteiger partial charge in [-0.3, -0.25) is 14.9 Å². The van der Waals surface area contributed by atoms with Gasteiger partial charge in [0.1, 0.15) is 5.54 Å². The highest BCUT2D eigenvalue weighted by Crippen LogP contribution is 2.30. The molecular formula is C25H27N3O5S. The monoisotopic (exact) mass is 481 g/mol. The summed E-state index contributed by atoms with van der Waals surface area (Å²) in [4.78, 5) is 52.6. The molecule has 0 bridgehead atoms. The van der Waals surface area contributed by atoms with E-state index in [1.165, 1.54) is 11.8 Å². The van der Waals surface area contributed by atoms with Crippen LogP contribution in [0, 0.1) is 0 Å². The minimum absolute atomic E-state index is 0.220. The van der Waals surface area contributed by atoms with E-state index in [0.717, 1.165) is 19.3 Å². The number of nitrogens with one attached hydrogen (secondary N) is 2. The Morgan fingerprint density at radius 1 is 1.03 bits per heavy atom. The fourth-order valence-electron chi connectivity index (χ4n) is 4.00. The maximum atomic E-state index is 13.3. The zero-order valence-electron chi connectivity index (χ0n) is 18.9. The molecule has 2 aromatic rings. The number of urea groups is 1. The minimum Gasteiger partial charge on any atom is -0.444 e. The van der Waals surface area contributed by atoms with Crippen LogP contribution >= 0.6 is 11.8 Å². The predicted octanol–water partition coefficient (Wildman–Crippen LogP) is 3.29. The number of carbonyl (C=O) groups excluding carboxylic acids is 4. The Labute approximate surface area is 202 Å². The number of imide groups is 1. The summed E-state index contributed by atoms with van der Waals surface area (Å²) < 4.78 is 5.82. The highest BCUT2D eigenvalue weighted by molar-refractivity contribution is 7.99. The van der Waals surface area contributed by atoms with Gasteiger partial charge in [0.05, 0.1) is 5.56 Å². The van der Waals surface area contributed by atoms with E-state index in [-0.39, 0.29) is 11.7 Å². The number of ether oxygens (including phenoxy) is 1. The van der Waals surface area contributed by atoms with Crippen molar-refractivity contribution in [3.8, 4) is 0 Å². The van der Waals surface area contributed by atoms with Crippen molar-refractivity contribution >= 4 is 35.6 Å². The molecule has 2 unspecified atom stereocenters. The SMILES string of the molecule is CC1(CSc2ccccc2C(=O)OC(C(=O)N2CCCCC2)c2ccccc2)NC(=O)NC1=O. The van der Waals surface area contributed by atoms with Gasteiger partial charge in [-0.2, -0.15) is 0 Å². The maximum absolute atomic E-state index is 13.3. The van der Waals surface area contributed by atoms with E-state index in [1.54, 1.807) is 48.2 Å². The zero-order chi connectivity index (χ0) is 24.1. The van der Waals surface area contributed by atoms with E-state index in [2.05, 4.69) is 10.6 Å². The van der Waals surface area contributed by atoms with Crippen LogP contribution in [0.3, 0.4) is 0 Å². The molecule has 2 N–H and O–H groups in total. The van der Waals surface area contributed by atoms with Gasteiger partial charge >= 0.3 is 12.0 Å². The summed E-state index contributed by atoms with van der Waals surface area (Å²) in [5, 5.41) is 4.85. The lowest BCUT2D eigenvalue weighted by molar-refractivity contribution is -0.142. The van der Waals surface area contributed by atoms with Crippen LogP contribution in [-0.4, -0.2) is 53.1 Å². The third kappa shape index (κ3) is 5.25. The number of hydrogen-bond donors (Lipinski definition) is 2. The number of rotatable bonds is 7. The highest BCUT2D eigenvalue weighted by Gasteiger charge is 2.42. The maximum Gasteiger partial charge on any atom is 0.340 e. The lowest BCUT2D eigenvalue weighted by Gasteiger charge is -2.30. The summed E-state index contributed by atoms with van der Waals surface area (Å²) in [6.45, 7) is 2.93. The molecule has 4 rings (SSSR count). The van der Waals surface area contributed by atoms with Crippen molar-refractivity contribution in [3.63, 3.8) is 0 Å². The molecule has 4 amide bonds. The van der Waals surface area contributed by atoms with Crippen LogP contribution in [0.5, 0.6) is 0 Å². The molecule has 0 saturated carbocycles. The van der Waals surface area contributed by atoms with Gasteiger partial charge < -0.3 is 15.0 Å². The van der Waals surface area contributed by atoms with Crippen molar-refractivity contribution in [1.82, 2.24) is 15.5 Å². The molecule has 2 aliphatic rings. The van der Waals surface area contributed by atoms with Gasteiger partial charge in [0.25, 0.3) is 11.8 Å². The molecule has 0 aromatic heterocycles. The van der Waals surface area contributed by atoms with Crippen molar-refractivity contribution in [3.05, 3.63) is 65.7 Å². The van der Waals surface area contributed by atoms with Crippen molar-refractivity contribution in [1.29, 1.82) is 0 Å². The quantitative estimate of drug-likeness (QED) is 0.357. The minimum atomic E-state index is -1.09. The Morgan fingerprint density at radius 2 is 1.71 bits per heavy atom. The lowest BCUT2D eigenvalue weighted by atomic mass is 10.1. The van der Waals surface area contributed by atoms with Gasteiger partial charge in [-0.1, -0.05) is 42.5 Å². The molecule has 0 radical (unpaired) electrons. The predicted molar refractivity (Wildman–Crippen MR) is 127 cm³/mol. The number of piperidine rings is 1. The first kappa shape index (κ1) is 23.8. The Balaban J connectivity index is 1.53. The summed E-state index contributed by atoms with van der Waals surface area (Å²) in [5.74, 6) is -1.03. The van der Waals surface area contributed by atoms with Gasteiger partial charge in [0, 0.05) is 29.3 Å². The molecule has 178 valence electrons. The Kier molecular flexibility index (Phi) is 7.21. The number of carbonyl (C=O) groups is 4. The third-order valence-corrected chi connectivity index (χ3v) is 7.35. The molecule has 8 nitrogen and oxygen atoms in total. The number of likely N-dealkylation sites (tertiary alicyclic amines) is 1. The van der Waals surface area contributed by atoms with Gasteiger partial charge in [0.2, 0.25) is 6.10 Å². The first-order valence-electron chi connectivity index (χ1n) is 11.3. The highest BCUT2D eigenvalue weighted by atomic mass is 32.2. The van der Waals surface area contributed by atoms with E-state index >= 15 is 0 Å². The number of nitrogens with zero attached hydrogens (tertiary/aromatic N) is 1. The van der Waals surface area contributed by atoms with Gasteiger partial charge in [-0.05, 0) is 38.3 Å². The third-order valence-electron chi connectivity index (χ3n) is 5.96. The summed E-state index contributed by atoms with van der Waals surface area (Å²) in [5.41, 5.74) is -0.169. The topological polar surface area (TPSA) is 105 Å². The number of thioether (sulfide) groups is 1. The first-order valence-corrected chi connectivity index (χ1v) is 12.3. The van der Waals surface area contributed by atoms with Crippen LogP contribution in [0.4, 0.5) is 4.79 Å². The van der Waals surface area contributed by atoms with E-state index in [1.807, 2.05) is 18.2 Å². The molecule has 2 fully saturated rings. The molecule has 9 heteroatoms. The largest absolute Gasteiger partial charge is 0.444 e. The molecule has 34 heavy (non-hydrogen) atoms. The van der Waals surface area contributed by atoms with Crippen molar-refractivity contribution in [2.45, 2.75) is 42.7 Å². The number of esters is 1. The molecule has 2 atom stereocenters. The lowest BCUT2D eigenvalue weighted by Crippen LogP contribution is -2.46. The normalized spacial score (nSPS) is 20.9. The molecule has 0 spiro atoms. The van der Waals surface area contributed by atoms with E-state index in [4.69, 9.17) is 4.74 Å². The molecular weight excluding hydrogens is 454 g/mol. The second-order valence-corrected chi connectivity index (χ2v) is 9.62. The fourth-order valence-corrected chi connectivity index (χ4v) is 5.13. The van der Waals surface area contributed by atoms with Crippen LogP contribution in [0.2, 0.25) is 0 Å². The molecule has 2 saturated heterocycles. The molecule has 2 aliphatic heterocycles. The van der Waals surface area contributed by atoms with E-state index in [0.29, 0.717) is 29.1 Å². The second-order valence-electron chi connectivity index (χ2n) is 8.61. The Hall–Kier alpha value is -3.33. The van der Waals surface area contributed by atoms with E-state index in [9.17, 15) is 19.2 Å². The summed E-state index contributed by atoms with van der Waals surface area (Å²) >= 11 is 1.26. The van der Waals surface area contributed by atoms with Gasteiger partial charge in [-0.25, -0.2) is 9.59 Å². The fraction of sp³-hybridized carbons (Fsp3) is 0.360. The first-order chi connectivity index (χ1) is 16.4. The van der Waals surface area contributed by atoms with Crippen LogP contribution in [0.1, 0.15) is 48.2 Å². The van der Waals surface area contributed by atoms with Crippen LogP contribution in [-0.2, 0) is 14.3 Å². The summed E-state index contributed by atoms with van der Waals surface area (Å²) in [6.07, 6.45) is 1.91. The molecule has 0 aliphatic carbocycles. The zero-order valence-corrected chi connectivity index (χ0v) is 19.7. The average Bonchev–Trinajstić information content (AvgIpc) is 3.13. The van der Waals surface area contributed by atoms with Crippen molar-refractivity contribution in [2.24, 2.45) is 0 Å². The number of hydrogen-bond acceptors (Lipinski definition) is 6. The molecule has 2 aromatic carbocycles. The van der Waals surface area contributed by atoms with Gasteiger partial charge in [-0.15, -0.1) is 11.8 Å². The summed E-state index contributed by atoms with van der Waals surface area (Å²) in [7, 11) is 0. The van der Waals surface area contributed by atoms with Crippen LogP contribution < -0.4 is 10.6 Å². The summed E-state index contributed by atoms with van der Waals surface area (Å²) in [6, 6.07) is 15.4. The van der Waals surface area contributed by atoms with E-state index < -0.39 is 29.6 Å². The smallest absolute Gasteiger partial charge is 0.340 e. The van der Waals surface area contributed by atoms with Crippen molar-refractivity contribution < 1.29 is 23.9 Å². The Bertz CT molecular complexity index is 1090. The molecule has 2 heterocycles. The Morgan fingerprint density at radius 3 is 2.38 bits per heavy atom. The standard InChI is InChI=1S/C25H27N3O5S/c1-25(23(31)26-24(32)27-25)16-34-19-13-7-6-12-18(19)22(30)33-20(17-10-4-2-5-11-17)21(29)28-14-8-3-9-15-28/h2,4-7,10-13,20H,3,8-9,14-16H2,1H3,(H2,26,27,31,32). The van der Waals surface area contributed by atoms with Crippen molar-refractivity contribution in [2.75, 3.05) is 18.8 Å². The second kappa shape index (κ2) is 10.3. The van der Waals surface area contributed by atoms with Gasteiger partial charge in [0.15, 0.2) is 0 Å². The van der Waals surface area contributed by atoms with Crippen LogP contribution in [0.25, 0.3) is 0 Å². The number of amides is 4.